The van der Waals surface area contributed by atoms with Crippen molar-refractivity contribution in [1.82, 2.24) is 25.1 Å². The van der Waals surface area contributed by atoms with Gasteiger partial charge in [-0.3, -0.25) is 15.0 Å². The molecule has 1 aliphatic heterocycles. The van der Waals surface area contributed by atoms with Gasteiger partial charge in [-0.25, -0.2) is 4.98 Å². The van der Waals surface area contributed by atoms with Crippen LogP contribution >= 0.6 is 11.3 Å². The van der Waals surface area contributed by atoms with Crippen LogP contribution in [0.2, 0.25) is 0 Å². The largest absolute Gasteiger partial charge is 0.298 e. The minimum Gasteiger partial charge on any atom is -0.298 e. The van der Waals surface area contributed by atoms with Crippen LogP contribution in [0.3, 0.4) is 0 Å². The molecule has 1 N–H and O–H groups in total. The van der Waals surface area contributed by atoms with Gasteiger partial charge < -0.3 is 0 Å². The number of likely N-dealkylation sites (tertiary alicyclic amines) is 1. The summed E-state index contributed by atoms with van der Waals surface area (Å²) in [5, 5.41) is 7.53. The summed E-state index contributed by atoms with van der Waals surface area (Å²) in [6, 6.07) is 8.36. The number of thiophene rings is 1. The molecule has 124 valence electrons. The lowest BCUT2D eigenvalue weighted by Gasteiger charge is -2.31. The number of nitrogens with zero attached hydrogens (tertiary/aromatic N) is 4. The highest BCUT2D eigenvalue weighted by atomic mass is 32.1. The SMILES string of the molecule is Cc1ccc(CN2CCC[C@H](c3nc(-c4cccnc4)n[nH]3)C2)s1. The van der Waals surface area contributed by atoms with E-state index >= 15 is 0 Å². The first-order valence-corrected chi connectivity index (χ1v) is 9.20. The van der Waals surface area contributed by atoms with Gasteiger partial charge >= 0.3 is 0 Å². The van der Waals surface area contributed by atoms with E-state index in [0.717, 1.165) is 36.8 Å². The van der Waals surface area contributed by atoms with E-state index in [1.807, 2.05) is 23.5 Å². The Morgan fingerprint density at radius 1 is 1.33 bits per heavy atom. The maximum absolute atomic E-state index is 4.72. The third-order valence-corrected chi connectivity index (χ3v) is 5.48. The van der Waals surface area contributed by atoms with Crippen molar-refractivity contribution in [2.75, 3.05) is 13.1 Å². The summed E-state index contributed by atoms with van der Waals surface area (Å²) >= 11 is 1.90. The summed E-state index contributed by atoms with van der Waals surface area (Å²) in [7, 11) is 0. The van der Waals surface area contributed by atoms with Gasteiger partial charge in [-0.2, -0.15) is 5.10 Å². The Hall–Kier alpha value is -2.05. The molecule has 5 nitrogen and oxygen atoms in total. The standard InChI is InChI=1S/C18H21N5S/c1-13-6-7-16(24-13)12-23-9-3-5-15(11-23)18-20-17(21-22-18)14-4-2-8-19-10-14/h2,4,6-8,10,15H,3,5,9,11-12H2,1H3,(H,20,21,22)/t15-/m0/s1. The zero-order valence-electron chi connectivity index (χ0n) is 13.8. The molecule has 4 heterocycles. The number of H-pyrrole nitrogens is 1. The predicted molar refractivity (Wildman–Crippen MR) is 95.9 cm³/mol. The quantitative estimate of drug-likeness (QED) is 0.789. The van der Waals surface area contributed by atoms with Crippen molar-refractivity contribution >= 4 is 11.3 Å². The Bertz CT molecular complexity index is 795. The molecule has 0 unspecified atom stereocenters. The Balaban J connectivity index is 1.45. The average molecular weight is 339 g/mol. The van der Waals surface area contributed by atoms with E-state index in [1.54, 1.807) is 12.4 Å². The highest BCUT2D eigenvalue weighted by Crippen LogP contribution is 2.28. The molecule has 1 atom stereocenters. The van der Waals surface area contributed by atoms with E-state index in [-0.39, 0.29) is 0 Å². The summed E-state index contributed by atoms with van der Waals surface area (Å²) < 4.78 is 0. The Labute approximate surface area is 145 Å². The van der Waals surface area contributed by atoms with Gasteiger partial charge in [-0.15, -0.1) is 11.3 Å². The van der Waals surface area contributed by atoms with Crippen molar-refractivity contribution in [1.29, 1.82) is 0 Å². The number of rotatable bonds is 4. The van der Waals surface area contributed by atoms with Crippen LogP contribution in [0.1, 0.15) is 34.3 Å². The zero-order valence-corrected chi connectivity index (χ0v) is 14.6. The van der Waals surface area contributed by atoms with E-state index in [0.29, 0.717) is 5.92 Å². The zero-order chi connectivity index (χ0) is 16.4. The van der Waals surface area contributed by atoms with Crippen LogP contribution < -0.4 is 0 Å². The third kappa shape index (κ3) is 3.39. The van der Waals surface area contributed by atoms with Crippen LogP contribution in [-0.2, 0) is 6.54 Å². The Morgan fingerprint density at radius 3 is 3.08 bits per heavy atom. The molecule has 0 saturated carbocycles. The topological polar surface area (TPSA) is 57.7 Å². The van der Waals surface area contributed by atoms with E-state index in [2.05, 4.69) is 39.1 Å². The number of hydrogen-bond acceptors (Lipinski definition) is 5. The molecule has 3 aromatic heterocycles. The van der Waals surface area contributed by atoms with Crippen LogP contribution in [-0.4, -0.2) is 38.2 Å². The highest BCUT2D eigenvalue weighted by molar-refractivity contribution is 7.11. The fourth-order valence-corrected chi connectivity index (χ4v) is 4.23. The first kappa shape index (κ1) is 15.5. The maximum Gasteiger partial charge on any atom is 0.182 e. The maximum atomic E-state index is 4.72. The van der Waals surface area contributed by atoms with Gasteiger partial charge in [0.15, 0.2) is 5.82 Å². The second-order valence-electron chi connectivity index (χ2n) is 6.37. The molecule has 0 aromatic carbocycles. The first-order valence-electron chi connectivity index (χ1n) is 8.38. The molecule has 1 fully saturated rings. The molecule has 0 spiro atoms. The highest BCUT2D eigenvalue weighted by Gasteiger charge is 2.24. The monoisotopic (exact) mass is 339 g/mol. The van der Waals surface area contributed by atoms with Crippen molar-refractivity contribution in [3.8, 4) is 11.4 Å². The van der Waals surface area contributed by atoms with Crippen LogP contribution in [0.5, 0.6) is 0 Å². The molecule has 1 aliphatic rings. The van der Waals surface area contributed by atoms with Crippen LogP contribution in [0.4, 0.5) is 0 Å². The fourth-order valence-electron chi connectivity index (χ4n) is 3.29. The lowest BCUT2D eigenvalue weighted by atomic mass is 9.97. The van der Waals surface area contributed by atoms with E-state index < -0.39 is 0 Å². The molecule has 6 heteroatoms. The second-order valence-corrected chi connectivity index (χ2v) is 7.75. The number of nitrogens with one attached hydrogen (secondary N) is 1. The van der Waals surface area contributed by atoms with Crippen LogP contribution in [0.15, 0.2) is 36.7 Å². The van der Waals surface area contributed by atoms with Crippen molar-refractivity contribution in [3.05, 3.63) is 52.2 Å². The molecule has 0 bridgehead atoms. The molecular formula is C18H21N5S. The fraction of sp³-hybridized carbons (Fsp3) is 0.389. The van der Waals surface area contributed by atoms with Gasteiger partial charge in [0.05, 0.1) is 0 Å². The minimum atomic E-state index is 0.428. The Morgan fingerprint density at radius 2 is 2.29 bits per heavy atom. The van der Waals surface area contributed by atoms with Crippen LogP contribution in [0.25, 0.3) is 11.4 Å². The Kier molecular flexibility index (Phi) is 4.40. The van der Waals surface area contributed by atoms with Crippen molar-refractivity contribution in [3.63, 3.8) is 0 Å². The molecule has 3 aromatic rings. The van der Waals surface area contributed by atoms with E-state index in [9.17, 15) is 0 Å². The molecule has 4 rings (SSSR count). The number of aromatic nitrogens is 4. The van der Waals surface area contributed by atoms with Crippen molar-refractivity contribution in [2.45, 2.75) is 32.2 Å². The first-order chi connectivity index (χ1) is 11.8. The summed E-state index contributed by atoms with van der Waals surface area (Å²) in [5.41, 5.74) is 0.960. The predicted octanol–water partition coefficient (Wildman–Crippen LogP) is 3.62. The average Bonchev–Trinajstić information content (AvgIpc) is 3.25. The number of aromatic amines is 1. The normalized spacial score (nSPS) is 18.8. The summed E-state index contributed by atoms with van der Waals surface area (Å²) in [5.74, 6) is 2.17. The molecule has 0 aliphatic carbocycles. The molecular weight excluding hydrogens is 318 g/mol. The lowest BCUT2D eigenvalue weighted by Crippen LogP contribution is -2.34. The van der Waals surface area contributed by atoms with E-state index in [1.165, 1.54) is 22.6 Å². The molecule has 24 heavy (non-hydrogen) atoms. The van der Waals surface area contributed by atoms with E-state index in [4.69, 9.17) is 4.98 Å². The van der Waals surface area contributed by atoms with Gasteiger partial charge in [-0.1, -0.05) is 0 Å². The molecule has 1 saturated heterocycles. The van der Waals surface area contributed by atoms with Crippen molar-refractivity contribution < 1.29 is 0 Å². The smallest absolute Gasteiger partial charge is 0.182 e. The van der Waals surface area contributed by atoms with Crippen molar-refractivity contribution in [2.24, 2.45) is 0 Å². The lowest BCUT2D eigenvalue weighted by molar-refractivity contribution is 0.198. The summed E-state index contributed by atoms with van der Waals surface area (Å²) in [4.78, 5) is 14.2. The number of pyridine rings is 1. The van der Waals surface area contributed by atoms with Gasteiger partial charge in [0.1, 0.15) is 5.82 Å². The molecule has 0 amide bonds. The van der Waals surface area contributed by atoms with Crippen LogP contribution in [0, 0.1) is 6.92 Å². The third-order valence-electron chi connectivity index (χ3n) is 4.49. The molecule has 0 radical (unpaired) electrons. The number of aryl methyl sites for hydroxylation is 1. The van der Waals surface area contributed by atoms with Gasteiger partial charge in [-0.05, 0) is 50.6 Å². The van der Waals surface area contributed by atoms with Gasteiger partial charge in [0, 0.05) is 46.7 Å². The second kappa shape index (κ2) is 6.83. The minimum absolute atomic E-state index is 0.428. The summed E-state index contributed by atoms with van der Waals surface area (Å²) in [6.07, 6.45) is 5.95. The number of piperidine rings is 1. The number of hydrogen-bond donors (Lipinski definition) is 1. The van der Waals surface area contributed by atoms with Gasteiger partial charge in [0.25, 0.3) is 0 Å². The van der Waals surface area contributed by atoms with Gasteiger partial charge in [0.2, 0.25) is 0 Å². The summed E-state index contributed by atoms with van der Waals surface area (Å²) in [6.45, 7) is 5.41.